The molecule has 0 spiro atoms. The second-order valence-corrected chi connectivity index (χ2v) is 6.83. The first-order valence-electron chi connectivity index (χ1n) is 7.99. The van der Waals surface area contributed by atoms with Crippen LogP contribution in [0.3, 0.4) is 0 Å². The maximum absolute atomic E-state index is 6.03. The van der Waals surface area contributed by atoms with Gasteiger partial charge in [-0.15, -0.1) is 0 Å². The predicted octanol–water partition coefficient (Wildman–Crippen LogP) is 3.56. The van der Waals surface area contributed by atoms with Gasteiger partial charge in [0.15, 0.2) is 0 Å². The highest BCUT2D eigenvalue weighted by Crippen LogP contribution is 2.24. The molecule has 0 aliphatic carbocycles. The van der Waals surface area contributed by atoms with E-state index in [1.54, 1.807) is 0 Å². The third-order valence-corrected chi connectivity index (χ3v) is 4.54. The van der Waals surface area contributed by atoms with E-state index in [-0.39, 0.29) is 0 Å². The summed E-state index contributed by atoms with van der Waals surface area (Å²) in [5.41, 5.74) is 1.27. The number of rotatable bonds is 5. The number of hydrogen-bond donors (Lipinski definition) is 1. The molecule has 20 heavy (non-hydrogen) atoms. The number of furan rings is 1. The summed E-state index contributed by atoms with van der Waals surface area (Å²) in [4.78, 5) is 2.53. The van der Waals surface area contributed by atoms with Crippen molar-refractivity contribution in [3.63, 3.8) is 0 Å². The Morgan fingerprint density at radius 2 is 2.10 bits per heavy atom. The molecule has 3 nitrogen and oxygen atoms in total. The Kier molecular flexibility index (Phi) is 5.28. The molecular weight excluding hydrogens is 248 g/mol. The molecule has 2 heterocycles. The van der Waals surface area contributed by atoms with Crippen molar-refractivity contribution in [3.05, 3.63) is 23.2 Å². The van der Waals surface area contributed by atoms with E-state index in [0.29, 0.717) is 6.04 Å². The lowest BCUT2D eigenvalue weighted by Gasteiger charge is -2.34. The number of aryl methyl sites for hydroxylation is 1. The van der Waals surface area contributed by atoms with E-state index in [2.05, 4.69) is 50.9 Å². The van der Waals surface area contributed by atoms with Crippen molar-refractivity contribution in [1.82, 2.24) is 10.2 Å². The van der Waals surface area contributed by atoms with E-state index in [0.717, 1.165) is 36.4 Å². The molecule has 1 aliphatic rings. The van der Waals surface area contributed by atoms with Gasteiger partial charge in [-0.2, -0.15) is 0 Å². The Bertz CT molecular complexity index is 425. The predicted molar refractivity (Wildman–Crippen MR) is 83.6 cm³/mol. The van der Waals surface area contributed by atoms with Gasteiger partial charge in [0.05, 0.1) is 13.1 Å². The molecule has 1 N–H and O–H groups in total. The first kappa shape index (κ1) is 15.6. The van der Waals surface area contributed by atoms with Crippen molar-refractivity contribution in [3.8, 4) is 0 Å². The lowest BCUT2D eigenvalue weighted by atomic mass is 9.89. The third kappa shape index (κ3) is 4.10. The highest BCUT2D eigenvalue weighted by molar-refractivity contribution is 5.20. The van der Waals surface area contributed by atoms with E-state index in [1.807, 2.05) is 0 Å². The summed E-state index contributed by atoms with van der Waals surface area (Å²) in [5.74, 6) is 3.86. The number of nitrogens with one attached hydrogen (secondary N) is 1. The maximum Gasteiger partial charge on any atom is 0.120 e. The lowest BCUT2D eigenvalue weighted by Crippen LogP contribution is -2.37. The number of piperidine rings is 1. The van der Waals surface area contributed by atoms with Gasteiger partial charge in [0, 0.05) is 12.6 Å². The molecule has 0 bridgehead atoms. The molecular formula is C17H30N2O. The van der Waals surface area contributed by atoms with Gasteiger partial charge >= 0.3 is 0 Å². The minimum Gasteiger partial charge on any atom is -0.463 e. The molecule has 2 rings (SSSR count). The van der Waals surface area contributed by atoms with E-state index >= 15 is 0 Å². The van der Waals surface area contributed by atoms with Crippen molar-refractivity contribution in [2.45, 2.75) is 60.2 Å². The molecule has 0 amide bonds. The van der Waals surface area contributed by atoms with Crippen LogP contribution in [-0.4, -0.2) is 24.0 Å². The van der Waals surface area contributed by atoms with E-state index in [1.165, 1.54) is 25.1 Å². The van der Waals surface area contributed by atoms with Crippen LogP contribution >= 0.6 is 0 Å². The van der Waals surface area contributed by atoms with Crippen LogP contribution < -0.4 is 5.32 Å². The van der Waals surface area contributed by atoms with E-state index in [4.69, 9.17) is 4.42 Å². The molecule has 2 atom stereocenters. The lowest BCUT2D eigenvalue weighted by molar-refractivity contribution is 0.124. The molecule has 1 saturated heterocycles. The fourth-order valence-electron chi connectivity index (χ4n) is 2.85. The second-order valence-electron chi connectivity index (χ2n) is 6.83. The Balaban J connectivity index is 1.91. The highest BCUT2D eigenvalue weighted by Gasteiger charge is 2.23. The number of likely N-dealkylation sites (tertiary alicyclic amines) is 1. The van der Waals surface area contributed by atoms with Crippen LogP contribution in [0.4, 0.5) is 0 Å². The second kappa shape index (κ2) is 6.77. The summed E-state index contributed by atoms with van der Waals surface area (Å²) in [6.45, 7) is 15.4. The molecule has 114 valence electrons. The van der Waals surface area contributed by atoms with Crippen LogP contribution in [0.15, 0.2) is 10.5 Å². The fourth-order valence-corrected chi connectivity index (χ4v) is 2.85. The Morgan fingerprint density at radius 3 is 2.75 bits per heavy atom. The number of nitrogens with zero attached hydrogens (tertiary/aromatic N) is 1. The summed E-state index contributed by atoms with van der Waals surface area (Å²) in [6, 6.07) is 2.70. The normalized spacial score (nSPS) is 24.5. The maximum atomic E-state index is 6.03. The van der Waals surface area contributed by atoms with Gasteiger partial charge in [-0.05, 0) is 43.4 Å². The summed E-state index contributed by atoms with van der Waals surface area (Å²) < 4.78 is 6.03. The molecule has 1 aromatic rings. The minimum absolute atomic E-state index is 0.493. The van der Waals surface area contributed by atoms with Gasteiger partial charge in [0.1, 0.15) is 11.5 Å². The summed E-state index contributed by atoms with van der Waals surface area (Å²) >= 11 is 0. The molecule has 1 aliphatic heterocycles. The molecule has 1 aromatic heterocycles. The van der Waals surface area contributed by atoms with E-state index < -0.39 is 0 Å². The van der Waals surface area contributed by atoms with Crippen LogP contribution in [0.5, 0.6) is 0 Å². The van der Waals surface area contributed by atoms with Crippen molar-refractivity contribution in [2.75, 3.05) is 13.1 Å². The quantitative estimate of drug-likeness (QED) is 0.892. The van der Waals surface area contributed by atoms with Gasteiger partial charge in [-0.1, -0.05) is 27.7 Å². The summed E-state index contributed by atoms with van der Waals surface area (Å²) in [6.07, 6.45) is 1.31. The Morgan fingerprint density at radius 1 is 1.35 bits per heavy atom. The monoisotopic (exact) mass is 278 g/mol. The molecule has 2 unspecified atom stereocenters. The standard InChI is InChI=1S/C17H30N2O/c1-12(2)18-9-17-14(4)8-16(20-17)11-19-7-6-13(3)15(5)10-19/h8,12-13,15,18H,6-7,9-11H2,1-5H3. The smallest absolute Gasteiger partial charge is 0.120 e. The SMILES string of the molecule is Cc1cc(CN2CCC(C)C(C)C2)oc1CNC(C)C. The van der Waals surface area contributed by atoms with Gasteiger partial charge in [-0.25, -0.2) is 0 Å². The zero-order chi connectivity index (χ0) is 14.7. The van der Waals surface area contributed by atoms with Crippen molar-refractivity contribution >= 4 is 0 Å². The largest absolute Gasteiger partial charge is 0.463 e. The van der Waals surface area contributed by atoms with Crippen molar-refractivity contribution in [2.24, 2.45) is 11.8 Å². The van der Waals surface area contributed by atoms with Crippen LogP contribution in [0.2, 0.25) is 0 Å². The summed E-state index contributed by atoms with van der Waals surface area (Å²) in [7, 11) is 0. The zero-order valence-electron chi connectivity index (χ0n) is 13.7. The highest BCUT2D eigenvalue weighted by atomic mass is 16.3. The average molecular weight is 278 g/mol. The first-order chi connectivity index (χ1) is 9.45. The van der Waals surface area contributed by atoms with Crippen molar-refractivity contribution in [1.29, 1.82) is 0 Å². The van der Waals surface area contributed by atoms with Crippen molar-refractivity contribution < 1.29 is 4.42 Å². The van der Waals surface area contributed by atoms with Gasteiger partial charge in [0.2, 0.25) is 0 Å². The van der Waals surface area contributed by atoms with Gasteiger partial charge in [0.25, 0.3) is 0 Å². The van der Waals surface area contributed by atoms with Crippen LogP contribution in [0.25, 0.3) is 0 Å². The minimum atomic E-state index is 0.493. The van der Waals surface area contributed by atoms with E-state index in [9.17, 15) is 0 Å². The first-order valence-corrected chi connectivity index (χ1v) is 7.99. The molecule has 3 heteroatoms. The van der Waals surface area contributed by atoms with Crippen LogP contribution in [0.1, 0.15) is 51.2 Å². The topological polar surface area (TPSA) is 28.4 Å². The fraction of sp³-hybridized carbons (Fsp3) is 0.765. The number of hydrogen-bond acceptors (Lipinski definition) is 3. The molecule has 0 aromatic carbocycles. The molecule has 0 radical (unpaired) electrons. The average Bonchev–Trinajstić information content (AvgIpc) is 2.72. The molecule has 0 saturated carbocycles. The van der Waals surface area contributed by atoms with Gasteiger partial charge < -0.3 is 9.73 Å². The van der Waals surface area contributed by atoms with Crippen LogP contribution in [0, 0.1) is 18.8 Å². The molecule has 1 fully saturated rings. The van der Waals surface area contributed by atoms with Gasteiger partial charge in [-0.3, -0.25) is 4.90 Å². The Labute approximate surface area is 123 Å². The Hall–Kier alpha value is -0.800. The summed E-state index contributed by atoms with van der Waals surface area (Å²) in [5, 5.41) is 3.43. The zero-order valence-corrected chi connectivity index (χ0v) is 13.7. The van der Waals surface area contributed by atoms with Crippen LogP contribution in [-0.2, 0) is 13.1 Å². The third-order valence-electron chi connectivity index (χ3n) is 4.54.